The molecule has 1 atom stereocenters. The van der Waals surface area contributed by atoms with E-state index < -0.39 is 6.04 Å². The Morgan fingerprint density at radius 3 is 2.64 bits per heavy atom. The summed E-state index contributed by atoms with van der Waals surface area (Å²) in [5.74, 6) is -0.415. The van der Waals surface area contributed by atoms with Crippen molar-refractivity contribution in [3.63, 3.8) is 0 Å². The summed E-state index contributed by atoms with van der Waals surface area (Å²) in [6.45, 7) is 2.02. The zero-order valence-electron chi connectivity index (χ0n) is 13.9. The third kappa shape index (κ3) is 3.76. The molecular formula is C20H19FN2O2. The highest BCUT2D eigenvalue weighted by atomic mass is 19.1. The number of allylic oxidation sites excluding steroid dienone is 1. The molecule has 1 N–H and O–H groups in total. The third-order valence-electron chi connectivity index (χ3n) is 4.28. The second-order valence-corrected chi connectivity index (χ2v) is 5.90. The van der Waals surface area contributed by atoms with E-state index in [1.165, 1.54) is 29.3 Å². The standard InChI is InChI=1S/C20H19FN2O2/c1-2-14-5-3-4-6-18(14)22-20(25)23-12-11-17(24)13-19(23)15-7-9-16(21)10-8-15/h3-12,19H,2,13H2,1H3,(H,22,25). The van der Waals surface area contributed by atoms with Gasteiger partial charge in [0.15, 0.2) is 5.78 Å². The molecule has 0 bridgehead atoms. The van der Waals surface area contributed by atoms with E-state index in [2.05, 4.69) is 5.32 Å². The largest absolute Gasteiger partial charge is 0.326 e. The van der Waals surface area contributed by atoms with E-state index in [0.717, 1.165) is 23.2 Å². The van der Waals surface area contributed by atoms with Crippen molar-refractivity contribution in [1.29, 1.82) is 0 Å². The number of halogens is 1. The number of carbonyl (C=O) groups excluding carboxylic acids is 2. The minimum atomic E-state index is -0.452. The van der Waals surface area contributed by atoms with E-state index in [9.17, 15) is 14.0 Å². The number of anilines is 1. The summed E-state index contributed by atoms with van der Waals surface area (Å²) in [4.78, 5) is 26.1. The third-order valence-corrected chi connectivity index (χ3v) is 4.28. The number of hydrogen-bond acceptors (Lipinski definition) is 2. The van der Waals surface area contributed by atoms with Crippen molar-refractivity contribution in [2.24, 2.45) is 0 Å². The fourth-order valence-electron chi connectivity index (χ4n) is 2.93. The molecule has 2 aromatic rings. The first kappa shape index (κ1) is 16.9. The maximum absolute atomic E-state index is 13.2. The fourth-order valence-corrected chi connectivity index (χ4v) is 2.93. The van der Waals surface area contributed by atoms with Crippen LogP contribution < -0.4 is 5.32 Å². The topological polar surface area (TPSA) is 49.4 Å². The van der Waals surface area contributed by atoms with Crippen LogP contribution in [0.3, 0.4) is 0 Å². The Hall–Kier alpha value is -2.95. The Morgan fingerprint density at radius 1 is 1.20 bits per heavy atom. The molecule has 1 heterocycles. The van der Waals surface area contributed by atoms with Crippen molar-refractivity contribution in [1.82, 2.24) is 4.90 Å². The lowest BCUT2D eigenvalue weighted by molar-refractivity contribution is -0.116. The zero-order valence-corrected chi connectivity index (χ0v) is 13.9. The molecule has 128 valence electrons. The molecule has 2 aromatic carbocycles. The van der Waals surface area contributed by atoms with Gasteiger partial charge in [-0.05, 0) is 41.8 Å². The lowest BCUT2D eigenvalue weighted by Crippen LogP contribution is -2.37. The van der Waals surface area contributed by atoms with Crippen LogP contribution in [0, 0.1) is 5.82 Å². The van der Waals surface area contributed by atoms with Crippen molar-refractivity contribution >= 4 is 17.5 Å². The van der Waals surface area contributed by atoms with Crippen LogP contribution in [-0.4, -0.2) is 16.7 Å². The SMILES string of the molecule is CCc1ccccc1NC(=O)N1C=CC(=O)CC1c1ccc(F)cc1. The van der Waals surface area contributed by atoms with Gasteiger partial charge in [0.1, 0.15) is 5.82 Å². The van der Waals surface area contributed by atoms with Crippen LogP contribution in [0.1, 0.15) is 30.5 Å². The van der Waals surface area contributed by atoms with Crippen LogP contribution in [0.2, 0.25) is 0 Å². The highest BCUT2D eigenvalue weighted by Crippen LogP contribution is 2.29. The number of nitrogens with zero attached hydrogens (tertiary/aromatic N) is 1. The molecule has 1 aliphatic rings. The number of rotatable bonds is 3. The predicted molar refractivity (Wildman–Crippen MR) is 94.6 cm³/mol. The Balaban J connectivity index is 1.86. The number of nitrogens with one attached hydrogen (secondary N) is 1. The fraction of sp³-hybridized carbons (Fsp3) is 0.200. The number of aryl methyl sites for hydroxylation is 1. The van der Waals surface area contributed by atoms with Crippen LogP contribution in [0.5, 0.6) is 0 Å². The first-order chi connectivity index (χ1) is 12.1. The van der Waals surface area contributed by atoms with Gasteiger partial charge in [-0.3, -0.25) is 9.69 Å². The van der Waals surface area contributed by atoms with Gasteiger partial charge >= 0.3 is 6.03 Å². The molecule has 25 heavy (non-hydrogen) atoms. The van der Waals surface area contributed by atoms with Crippen LogP contribution in [0.4, 0.5) is 14.9 Å². The maximum atomic E-state index is 13.2. The summed E-state index contributed by atoms with van der Waals surface area (Å²) >= 11 is 0. The van der Waals surface area contributed by atoms with Crippen LogP contribution in [0.15, 0.2) is 60.8 Å². The van der Waals surface area contributed by atoms with Crippen molar-refractivity contribution < 1.29 is 14.0 Å². The van der Waals surface area contributed by atoms with Crippen molar-refractivity contribution in [2.75, 3.05) is 5.32 Å². The maximum Gasteiger partial charge on any atom is 0.326 e. The average molecular weight is 338 g/mol. The van der Waals surface area contributed by atoms with E-state index in [1.54, 1.807) is 12.1 Å². The van der Waals surface area contributed by atoms with Gasteiger partial charge in [0.25, 0.3) is 0 Å². The van der Waals surface area contributed by atoms with Crippen molar-refractivity contribution in [3.8, 4) is 0 Å². The number of ketones is 1. The molecule has 2 amide bonds. The van der Waals surface area contributed by atoms with Crippen molar-refractivity contribution in [2.45, 2.75) is 25.8 Å². The molecular weight excluding hydrogens is 319 g/mol. The highest BCUT2D eigenvalue weighted by molar-refractivity contribution is 5.96. The molecule has 0 aromatic heterocycles. The Kier molecular flexibility index (Phi) is 4.93. The number of urea groups is 1. The van der Waals surface area contributed by atoms with Crippen molar-refractivity contribution in [3.05, 3.63) is 77.8 Å². The Labute approximate surface area is 146 Å². The molecule has 0 radical (unpaired) electrons. The summed E-state index contributed by atoms with van der Waals surface area (Å²) in [7, 11) is 0. The summed E-state index contributed by atoms with van der Waals surface area (Å²) in [5, 5.41) is 2.91. The Morgan fingerprint density at radius 2 is 1.92 bits per heavy atom. The minimum absolute atomic E-state index is 0.0627. The molecule has 0 spiro atoms. The molecule has 1 unspecified atom stereocenters. The molecule has 1 aliphatic heterocycles. The van der Waals surface area contributed by atoms with E-state index in [-0.39, 0.29) is 24.1 Å². The second kappa shape index (κ2) is 7.30. The minimum Gasteiger partial charge on any atom is -0.307 e. The predicted octanol–water partition coefficient (Wildman–Crippen LogP) is 4.45. The highest BCUT2D eigenvalue weighted by Gasteiger charge is 2.29. The normalized spacial score (nSPS) is 16.8. The van der Waals surface area contributed by atoms with Gasteiger partial charge in [-0.15, -0.1) is 0 Å². The number of para-hydroxylation sites is 1. The van der Waals surface area contributed by atoms with E-state index in [1.807, 2.05) is 31.2 Å². The lowest BCUT2D eigenvalue weighted by atomic mass is 9.97. The Bertz CT molecular complexity index is 815. The quantitative estimate of drug-likeness (QED) is 0.899. The summed E-state index contributed by atoms with van der Waals surface area (Å²) in [5.41, 5.74) is 2.50. The summed E-state index contributed by atoms with van der Waals surface area (Å²) in [6.07, 6.45) is 3.85. The number of hydrogen-bond donors (Lipinski definition) is 1. The van der Waals surface area contributed by atoms with E-state index in [4.69, 9.17) is 0 Å². The monoisotopic (exact) mass is 338 g/mol. The zero-order chi connectivity index (χ0) is 17.8. The van der Waals surface area contributed by atoms with Gasteiger partial charge in [0.05, 0.1) is 6.04 Å². The van der Waals surface area contributed by atoms with Gasteiger partial charge in [-0.2, -0.15) is 0 Å². The molecule has 5 heteroatoms. The van der Waals surface area contributed by atoms with Crippen LogP contribution >= 0.6 is 0 Å². The van der Waals surface area contributed by atoms with Gasteiger partial charge in [0.2, 0.25) is 0 Å². The summed E-state index contributed by atoms with van der Waals surface area (Å²) in [6, 6.07) is 12.7. The first-order valence-corrected chi connectivity index (χ1v) is 8.22. The van der Waals surface area contributed by atoms with Gasteiger partial charge in [0, 0.05) is 18.3 Å². The average Bonchev–Trinajstić information content (AvgIpc) is 2.62. The molecule has 0 fully saturated rings. The van der Waals surface area contributed by atoms with E-state index in [0.29, 0.717) is 0 Å². The molecule has 0 aliphatic carbocycles. The molecule has 4 nitrogen and oxygen atoms in total. The van der Waals surface area contributed by atoms with Crippen LogP contribution in [0.25, 0.3) is 0 Å². The van der Waals surface area contributed by atoms with Crippen LogP contribution in [-0.2, 0) is 11.2 Å². The smallest absolute Gasteiger partial charge is 0.307 e. The number of benzene rings is 2. The lowest BCUT2D eigenvalue weighted by Gasteiger charge is -2.31. The summed E-state index contributed by atoms with van der Waals surface area (Å²) < 4.78 is 13.2. The van der Waals surface area contributed by atoms with Gasteiger partial charge in [-0.25, -0.2) is 9.18 Å². The van der Waals surface area contributed by atoms with Gasteiger partial charge < -0.3 is 5.32 Å². The first-order valence-electron chi connectivity index (χ1n) is 8.22. The number of carbonyl (C=O) groups is 2. The molecule has 3 rings (SSSR count). The second-order valence-electron chi connectivity index (χ2n) is 5.90. The van der Waals surface area contributed by atoms with E-state index >= 15 is 0 Å². The molecule has 0 saturated heterocycles. The number of amides is 2. The molecule has 0 saturated carbocycles. The van der Waals surface area contributed by atoms with Gasteiger partial charge in [-0.1, -0.05) is 37.3 Å².